The molecule has 1 N–H and O–H groups in total. The first-order valence-corrected chi connectivity index (χ1v) is 12.9. The highest BCUT2D eigenvalue weighted by Gasteiger charge is 2.34. The van der Waals surface area contributed by atoms with Crippen LogP contribution in [0.2, 0.25) is 0 Å². The Kier molecular flexibility index (Phi) is 8.73. The third-order valence-electron chi connectivity index (χ3n) is 5.45. The molecule has 2 heterocycles. The monoisotopic (exact) mass is 492 g/mol. The lowest BCUT2D eigenvalue weighted by atomic mass is 9.97. The highest BCUT2D eigenvalue weighted by molar-refractivity contribution is 7.89. The highest BCUT2D eigenvalue weighted by atomic mass is 32.2. The van der Waals surface area contributed by atoms with Crippen molar-refractivity contribution in [3.8, 4) is 5.75 Å². The maximum atomic E-state index is 12.8. The van der Waals surface area contributed by atoms with Gasteiger partial charge in [0.1, 0.15) is 5.75 Å². The number of nitrogens with zero attached hydrogens (tertiary/aromatic N) is 1. The van der Waals surface area contributed by atoms with Crippen molar-refractivity contribution in [2.75, 3.05) is 26.3 Å². The average molecular weight is 493 g/mol. The molecule has 1 aromatic carbocycles. The van der Waals surface area contributed by atoms with E-state index < -0.39 is 16.0 Å². The summed E-state index contributed by atoms with van der Waals surface area (Å²) in [6.45, 7) is 7.41. The number of hydrogen-bond donors (Lipinski definition) is 1. The van der Waals surface area contributed by atoms with Crippen molar-refractivity contribution < 1.29 is 31.9 Å². The molecule has 1 fully saturated rings. The molecule has 34 heavy (non-hydrogen) atoms. The number of carbonyl (C=O) groups excluding carboxylic acids is 2. The molecule has 3 rings (SSSR count). The van der Waals surface area contributed by atoms with E-state index in [0.29, 0.717) is 31.9 Å². The Hall–Kier alpha value is -2.85. The van der Waals surface area contributed by atoms with Crippen LogP contribution in [0.5, 0.6) is 5.75 Å². The zero-order valence-corrected chi connectivity index (χ0v) is 20.6. The second-order valence-corrected chi connectivity index (χ2v) is 10.5. The molecule has 0 saturated carbocycles. The Labute approximate surface area is 200 Å². The summed E-state index contributed by atoms with van der Waals surface area (Å²) in [4.78, 5) is 24.3. The van der Waals surface area contributed by atoms with E-state index in [1.54, 1.807) is 6.92 Å². The summed E-state index contributed by atoms with van der Waals surface area (Å²) in [5.41, 5.74) is 0.959. The summed E-state index contributed by atoms with van der Waals surface area (Å²) in [5.74, 6) is 0.00244. The number of piperidine rings is 1. The summed E-state index contributed by atoms with van der Waals surface area (Å²) in [7, 11) is -3.89. The van der Waals surface area contributed by atoms with E-state index in [1.807, 2.05) is 24.3 Å². The second kappa shape index (κ2) is 11.5. The van der Waals surface area contributed by atoms with Gasteiger partial charge in [-0.3, -0.25) is 4.79 Å². The van der Waals surface area contributed by atoms with Crippen LogP contribution in [0.1, 0.15) is 49.7 Å². The number of rotatable bonds is 10. The lowest BCUT2D eigenvalue weighted by Crippen LogP contribution is -2.42. The molecule has 0 atom stereocenters. The summed E-state index contributed by atoms with van der Waals surface area (Å²) in [5, 5.41) is 2.63. The highest BCUT2D eigenvalue weighted by Crippen LogP contribution is 2.25. The maximum Gasteiger partial charge on any atom is 0.374 e. The summed E-state index contributed by atoms with van der Waals surface area (Å²) >= 11 is 0. The average Bonchev–Trinajstić information content (AvgIpc) is 3.34. The molecule has 0 spiro atoms. The fraction of sp³-hybridized carbons (Fsp3) is 0.500. The Balaban J connectivity index is 1.48. The lowest BCUT2D eigenvalue weighted by molar-refractivity contribution is -0.126. The molecular weight excluding hydrogens is 460 g/mol. The zero-order valence-electron chi connectivity index (χ0n) is 19.8. The standard InChI is InChI=1S/C24H32N2O7S/c1-4-31-24(28)21-9-10-22(33-21)34(29,30)26-13-11-19(12-14-26)23(27)25-15-18-5-7-20(8-6-18)32-16-17(2)3/h5-10,17,19H,4,11-16H2,1-3H3,(H,25,27). The van der Waals surface area contributed by atoms with Gasteiger partial charge in [0.25, 0.3) is 10.0 Å². The largest absolute Gasteiger partial charge is 0.493 e. The van der Waals surface area contributed by atoms with Crippen molar-refractivity contribution in [2.24, 2.45) is 11.8 Å². The minimum absolute atomic E-state index is 0.0974. The van der Waals surface area contributed by atoms with Gasteiger partial charge in [0.2, 0.25) is 16.8 Å². The minimum atomic E-state index is -3.89. The SMILES string of the molecule is CCOC(=O)c1ccc(S(=O)(=O)N2CCC(C(=O)NCc3ccc(OCC(C)C)cc3)CC2)o1. The summed E-state index contributed by atoms with van der Waals surface area (Å²) in [6, 6.07) is 10.1. The Morgan fingerprint density at radius 1 is 1.12 bits per heavy atom. The van der Waals surface area contributed by atoms with Gasteiger partial charge in [-0.15, -0.1) is 0 Å². The molecule has 0 aliphatic carbocycles. The molecule has 0 unspecified atom stereocenters. The van der Waals surface area contributed by atoms with Crippen molar-refractivity contribution >= 4 is 21.9 Å². The number of hydrogen-bond acceptors (Lipinski definition) is 7. The fourth-order valence-electron chi connectivity index (χ4n) is 3.56. The molecule has 1 amide bonds. The van der Waals surface area contributed by atoms with Crippen LogP contribution in [0.15, 0.2) is 45.9 Å². The number of amides is 1. The maximum absolute atomic E-state index is 12.8. The van der Waals surface area contributed by atoms with Crippen LogP contribution in [0.3, 0.4) is 0 Å². The van der Waals surface area contributed by atoms with E-state index in [0.717, 1.165) is 11.3 Å². The van der Waals surface area contributed by atoms with Crippen LogP contribution >= 0.6 is 0 Å². The van der Waals surface area contributed by atoms with E-state index in [9.17, 15) is 18.0 Å². The molecule has 1 aliphatic heterocycles. The van der Waals surface area contributed by atoms with Crippen molar-refractivity contribution in [3.63, 3.8) is 0 Å². The van der Waals surface area contributed by atoms with Gasteiger partial charge in [-0.2, -0.15) is 4.31 Å². The topological polar surface area (TPSA) is 115 Å². The molecule has 10 heteroatoms. The van der Waals surface area contributed by atoms with Gasteiger partial charge in [-0.1, -0.05) is 26.0 Å². The van der Waals surface area contributed by atoms with Gasteiger partial charge >= 0.3 is 5.97 Å². The third-order valence-corrected chi connectivity index (χ3v) is 7.22. The van der Waals surface area contributed by atoms with Crippen molar-refractivity contribution in [1.29, 1.82) is 0 Å². The van der Waals surface area contributed by atoms with Crippen LogP contribution in [-0.2, 0) is 26.1 Å². The molecule has 0 bridgehead atoms. The van der Waals surface area contributed by atoms with Crippen LogP contribution in [0.25, 0.3) is 0 Å². The molecule has 1 aromatic heterocycles. The Morgan fingerprint density at radius 2 is 1.79 bits per heavy atom. The summed E-state index contributed by atoms with van der Waals surface area (Å²) in [6.07, 6.45) is 0.803. The Bertz CT molecular complexity index is 1070. The number of ether oxygens (including phenoxy) is 2. The van der Waals surface area contributed by atoms with Crippen LogP contribution in [0.4, 0.5) is 0 Å². The zero-order chi connectivity index (χ0) is 24.7. The van der Waals surface area contributed by atoms with Gasteiger partial charge in [-0.05, 0) is 55.5 Å². The quantitative estimate of drug-likeness (QED) is 0.507. The van der Waals surface area contributed by atoms with Crippen molar-refractivity contribution in [3.05, 3.63) is 47.7 Å². The molecule has 0 radical (unpaired) electrons. The molecule has 186 valence electrons. The van der Waals surface area contributed by atoms with Crippen LogP contribution in [-0.4, -0.2) is 50.9 Å². The first-order valence-electron chi connectivity index (χ1n) is 11.5. The van der Waals surface area contributed by atoms with Crippen molar-refractivity contribution in [1.82, 2.24) is 9.62 Å². The van der Waals surface area contributed by atoms with Gasteiger partial charge < -0.3 is 19.2 Å². The first kappa shape index (κ1) is 25.8. The van der Waals surface area contributed by atoms with Crippen LogP contribution in [0, 0.1) is 11.8 Å². The normalized spacial score (nSPS) is 15.3. The minimum Gasteiger partial charge on any atom is -0.493 e. The van der Waals surface area contributed by atoms with E-state index >= 15 is 0 Å². The number of sulfonamides is 1. The van der Waals surface area contributed by atoms with Gasteiger partial charge in [0.15, 0.2) is 0 Å². The number of carbonyl (C=O) groups is 2. The molecule has 9 nitrogen and oxygen atoms in total. The predicted octanol–water partition coefficient (Wildman–Crippen LogP) is 3.21. The third kappa shape index (κ3) is 6.60. The van der Waals surface area contributed by atoms with E-state index in [2.05, 4.69) is 19.2 Å². The number of nitrogens with one attached hydrogen (secondary N) is 1. The van der Waals surface area contributed by atoms with Gasteiger partial charge in [0.05, 0.1) is 13.2 Å². The van der Waals surface area contributed by atoms with Crippen LogP contribution < -0.4 is 10.1 Å². The fourth-order valence-corrected chi connectivity index (χ4v) is 4.94. The number of benzene rings is 1. The molecule has 1 aliphatic rings. The smallest absolute Gasteiger partial charge is 0.374 e. The van der Waals surface area contributed by atoms with Gasteiger partial charge in [0, 0.05) is 25.6 Å². The van der Waals surface area contributed by atoms with Gasteiger partial charge in [-0.25, -0.2) is 13.2 Å². The molecule has 2 aromatic rings. The lowest BCUT2D eigenvalue weighted by Gasteiger charge is -2.29. The number of esters is 1. The second-order valence-electron chi connectivity index (χ2n) is 8.58. The van der Waals surface area contributed by atoms with E-state index in [1.165, 1.54) is 16.4 Å². The predicted molar refractivity (Wildman–Crippen MR) is 125 cm³/mol. The first-order chi connectivity index (χ1) is 16.2. The van der Waals surface area contributed by atoms with E-state index in [4.69, 9.17) is 13.9 Å². The van der Waals surface area contributed by atoms with Crippen molar-refractivity contribution in [2.45, 2.75) is 45.2 Å². The number of furan rings is 1. The van der Waals surface area contributed by atoms with E-state index in [-0.39, 0.29) is 42.4 Å². The molecular formula is C24H32N2O7S. The molecule has 1 saturated heterocycles. The Morgan fingerprint density at radius 3 is 2.41 bits per heavy atom. The summed E-state index contributed by atoms with van der Waals surface area (Å²) < 4.78 is 42.7.